The van der Waals surface area contributed by atoms with Crippen LogP contribution in [0.4, 0.5) is 5.69 Å². The van der Waals surface area contributed by atoms with Gasteiger partial charge in [0.25, 0.3) is 0 Å². The number of para-hydroxylation sites is 1. The van der Waals surface area contributed by atoms with E-state index in [0.29, 0.717) is 5.41 Å². The second-order valence-corrected chi connectivity index (χ2v) is 6.86. The van der Waals surface area contributed by atoms with Crippen molar-refractivity contribution in [3.8, 4) is 0 Å². The van der Waals surface area contributed by atoms with Gasteiger partial charge in [0.1, 0.15) is 0 Å². The van der Waals surface area contributed by atoms with Crippen molar-refractivity contribution < 1.29 is 0 Å². The number of anilines is 1. The average molecular weight is 274 g/mol. The van der Waals surface area contributed by atoms with Crippen molar-refractivity contribution in [3.05, 3.63) is 29.8 Å². The molecule has 1 aromatic rings. The van der Waals surface area contributed by atoms with Crippen molar-refractivity contribution in [2.24, 2.45) is 5.41 Å². The zero-order valence-electron chi connectivity index (χ0n) is 13.6. The summed E-state index contributed by atoms with van der Waals surface area (Å²) in [5.74, 6) is 0. The van der Waals surface area contributed by atoms with E-state index < -0.39 is 0 Å². The van der Waals surface area contributed by atoms with E-state index in [2.05, 4.69) is 62.3 Å². The van der Waals surface area contributed by atoms with E-state index in [1.807, 2.05) is 0 Å². The molecule has 0 spiro atoms. The first kappa shape index (κ1) is 15.4. The Balaban J connectivity index is 2.00. The molecule has 0 saturated heterocycles. The van der Waals surface area contributed by atoms with Gasteiger partial charge in [-0.1, -0.05) is 38.5 Å². The maximum atomic E-state index is 3.73. The van der Waals surface area contributed by atoms with E-state index in [4.69, 9.17) is 0 Å². The van der Waals surface area contributed by atoms with Gasteiger partial charge in [-0.05, 0) is 43.2 Å². The lowest BCUT2D eigenvalue weighted by Gasteiger charge is -2.36. The molecule has 0 aliphatic heterocycles. The van der Waals surface area contributed by atoms with Gasteiger partial charge in [0, 0.05) is 31.9 Å². The monoisotopic (exact) mass is 274 g/mol. The summed E-state index contributed by atoms with van der Waals surface area (Å²) >= 11 is 0. The molecule has 0 heterocycles. The summed E-state index contributed by atoms with van der Waals surface area (Å²) in [4.78, 5) is 2.43. The lowest BCUT2D eigenvalue weighted by atomic mass is 9.84. The van der Waals surface area contributed by atoms with Crippen molar-refractivity contribution in [3.63, 3.8) is 0 Å². The number of benzene rings is 1. The second-order valence-electron chi connectivity index (χ2n) is 6.86. The molecule has 1 aromatic carbocycles. The number of hydrogen-bond donors (Lipinski definition) is 1. The normalized spacial score (nSPS) is 17.8. The van der Waals surface area contributed by atoms with Crippen LogP contribution < -0.4 is 10.2 Å². The van der Waals surface area contributed by atoms with Crippen molar-refractivity contribution in [1.29, 1.82) is 0 Å². The SMILES string of the molecule is CCCC(C)(CNC1CC1)CN(C)c1ccccc1C. The van der Waals surface area contributed by atoms with Crippen LogP contribution in [0.15, 0.2) is 24.3 Å². The number of rotatable bonds is 8. The minimum Gasteiger partial charge on any atom is -0.374 e. The Morgan fingerprint density at radius 2 is 2.00 bits per heavy atom. The highest BCUT2D eigenvalue weighted by Gasteiger charge is 2.29. The smallest absolute Gasteiger partial charge is 0.0393 e. The average Bonchev–Trinajstić information content (AvgIpc) is 3.21. The fourth-order valence-corrected chi connectivity index (χ4v) is 3.15. The Morgan fingerprint density at radius 1 is 1.30 bits per heavy atom. The number of nitrogens with one attached hydrogen (secondary N) is 1. The molecule has 1 atom stereocenters. The van der Waals surface area contributed by atoms with E-state index in [9.17, 15) is 0 Å². The molecule has 2 nitrogen and oxygen atoms in total. The maximum absolute atomic E-state index is 3.73. The van der Waals surface area contributed by atoms with Crippen LogP contribution in [-0.2, 0) is 0 Å². The summed E-state index contributed by atoms with van der Waals surface area (Å²) in [5, 5.41) is 3.73. The summed E-state index contributed by atoms with van der Waals surface area (Å²) in [6.07, 6.45) is 5.28. The Morgan fingerprint density at radius 3 is 2.60 bits per heavy atom. The van der Waals surface area contributed by atoms with E-state index >= 15 is 0 Å². The van der Waals surface area contributed by atoms with Gasteiger partial charge in [-0.3, -0.25) is 0 Å². The molecule has 1 aliphatic carbocycles. The first-order valence-corrected chi connectivity index (χ1v) is 8.04. The highest BCUT2D eigenvalue weighted by molar-refractivity contribution is 5.52. The summed E-state index contributed by atoms with van der Waals surface area (Å²) in [6, 6.07) is 9.49. The molecule has 2 heteroatoms. The number of aryl methyl sites for hydroxylation is 1. The minimum absolute atomic E-state index is 0.356. The molecule has 1 aliphatic rings. The van der Waals surface area contributed by atoms with E-state index in [0.717, 1.165) is 19.1 Å². The third-order valence-electron chi connectivity index (χ3n) is 4.39. The zero-order chi connectivity index (χ0) is 14.6. The fourth-order valence-electron chi connectivity index (χ4n) is 3.15. The summed E-state index contributed by atoms with van der Waals surface area (Å²) in [6.45, 7) is 9.18. The van der Waals surface area contributed by atoms with Gasteiger partial charge in [-0.25, -0.2) is 0 Å². The fraction of sp³-hybridized carbons (Fsp3) is 0.667. The highest BCUT2D eigenvalue weighted by Crippen LogP contribution is 2.29. The molecule has 2 rings (SSSR count). The van der Waals surface area contributed by atoms with Crippen LogP contribution in [0.1, 0.15) is 45.1 Å². The van der Waals surface area contributed by atoms with E-state index in [1.54, 1.807) is 0 Å². The number of nitrogens with zero attached hydrogens (tertiary/aromatic N) is 1. The van der Waals surface area contributed by atoms with Gasteiger partial charge in [0.05, 0.1) is 0 Å². The van der Waals surface area contributed by atoms with Crippen LogP contribution in [0, 0.1) is 12.3 Å². The Kier molecular flexibility index (Phi) is 5.09. The van der Waals surface area contributed by atoms with Crippen molar-refractivity contribution in [2.75, 3.05) is 25.0 Å². The molecule has 1 saturated carbocycles. The standard InChI is InChI=1S/C18H30N2/c1-5-12-18(3,13-19-16-10-11-16)14-20(4)17-9-7-6-8-15(17)2/h6-9,16,19H,5,10-14H2,1-4H3. The lowest BCUT2D eigenvalue weighted by Crippen LogP contribution is -2.42. The van der Waals surface area contributed by atoms with Gasteiger partial charge >= 0.3 is 0 Å². The van der Waals surface area contributed by atoms with Gasteiger partial charge < -0.3 is 10.2 Å². The van der Waals surface area contributed by atoms with Gasteiger partial charge in [-0.15, -0.1) is 0 Å². The Hall–Kier alpha value is -1.02. The Bertz CT molecular complexity index is 425. The van der Waals surface area contributed by atoms with Gasteiger partial charge in [0.15, 0.2) is 0 Å². The zero-order valence-corrected chi connectivity index (χ0v) is 13.6. The first-order valence-electron chi connectivity index (χ1n) is 8.04. The first-order chi connectivity index (χ1) is 9.54. The quantitative estimate of drug-likeness (QED) is 0.771. The molecule has 1 unspecified atom stereocenters. The second kappa shape index (κ2) is 6.62. The van der Waals surface area contributed by atoms with Crippen LogP contribution in [0.3, 0.4) is 0 Å². The summed E-state index contributed by atoms with van der Waals surface area (Å²) < 4.78 is 0. The third-order valence-corrected chi connectivity index (χ3v) is 4.39. The largest absolute Gasteiger partial charge is 0.374 e. The van der Waals surface area contributed by atoms with Crippen LogP contribution in [-0.4, -0.2) is 26.2 Å². The predicted molar refractivity (Wildman–Crippen MR) is 88.5 cm³/mol. The molecular weight excluding hydrogens is 244 g/mol. The van der Waals surface area contributed by atoms with Crippen LogP contribution in [0.25, 0.3) is 0 Å². The molecule has 0 radical (unpaired) electrons. The molecule has 0 bridgehead atoms. The molecule has 0 amide bonds. The van der Waals surface area contributed by atoms with Crippen molar-refractivity contribution in [2.45, 2.75) is 52.5 Å². The predicted octanol–water partition coefficient (Wildman–Crippen LogP) is 3.99. The van der Waals surface area contributed by atoms with Crippen LogP contribution >= 0.6 is 0 Å². The third kappa shape index (κ3) is 4.24. The van der Waals surface area contributed by atoms with Crippen LogP contribution in [0.2, 0.25) is 0 Å². The summed E-state index contributed by atoms with van der Waals surface area (Å²) in [5.41, 5.74) is 3.08. The minimum atomic E-state index is 0.356. The topological polar surface area (TPSA) is 15.3 Å². The molecule has 1 fully saturated rings. The van der Waals surface area contributed by atoms with E-state index in [-0.39, 0.29) is 0 Å². The maximum Gasteiger partial charge on any atom is 0.0393 e. The van der Waals surface area contributed by atoms with E-state index in [1.165, 1.54) is 36.9 Å². The van der Waals surface area contributed by atoms with Gasteiger partial charge in [0.2, 0.25) is 0 Å². The number of hydrogen-bond acceptors (Lipinski definition) is 2. The summed E-state index contributed by atoms with van der Waals surface area (Å²) in [7, 11) is 2.23. The molecule has 20 heavy (non-hydrogen) atoms. The molecular formula is C18H30N2. The molecule has 1 N–H and O–H groups in total. The van der Waals surface area contributed by atoms with Gasteiger partial charge in [-0.2, -0.15) is 0 Å². The molecule has 0 aromatic heterocycles. The van der Waals surface area contributed by atoms with Crippen molar-refractivity contribution >= 4 is 5.69 Å². The highest BCUT2D eigenvalue weighted by atomic mass is 15.1. The van der Waals surface area contributed by atoms with Crippen LogP contribution in [0.5, 0.6) is 0 Å². The Labute approximate surface area is 124 Å². The molecule has 112 valence electrons. The lowest BCUT2D eigenvalue weighted by molar-refractivity contribution is 0.283. The van der Waals surface area contributed by atoms with Crippen molar-refractivity contribution in [1.82, 2.24) is 5.32 Å².